The molecule has 0 aliphatic rings. The van der Waals surface area contributed by atoms with Gasteiger partial charge in [0.25, 0.3) is 5.56 Å². The van der Waals surface area contributed by atoms with Crippen molar-refractivity contribution in [3.05, 3.63) is 57.8 Å². The fourth-order valence-electron chi connectivity index (χ4n) is 2.16. The monoisotopic (exact) mass is 393 g/mol. The zero-order valence-electron chi connectivity index (χ0n) is 14.5. The number of fused-ring (bicyclic) bond motifs is 1. The third-order valence-electron chi connectivity index (χ3n) is 3.39. The summed E-state index contributed by atoms with van der Waals surface area (Å²) in [6.07, 6.45) is 1.45. The quantitative estimate of drug-likeness (QED) is 0.265. The van der Waals surface area contributed by atoms with E-state index in [0.29, 0.717) is 5.52 Å². The van der Waals surface area contributed by atoms with Crippen molar-refractivity contribution in [2.75, 3.05) is 19.6 Å². The average molecular weight is 394 g/mol. The Morgan fingerprint density at radius 2 is 2.07 bits per heavy atom. The number of alkyl halides is 1. The smallest absolute Gasteiger partial charge is 0.362 e. The van der Waals surface area contributed by atoms with E-state index in [0.717, 1.165) is 7.11 Å². The highest BCUT2D eigenvalue weighted by Gasteiger charge is 2.18. The number of allylic oxidation sites excluding steroid dienone is 1. The van der Waals surface area contributed by atoms with Gasteiger partial charge in [0.1, 0.15) is 5.76 Å². The topological polar surface area (TPSA) is 119 Å². The van der Waals surface area contributed by atoms with Crippen molar-refractivity contribution in [2.45, 2.75) is 6.92 Å². The van der Waals surface area contributed by atoms with Gasteiger partial charge in [-0.25, -0.2) is 9.59 Å². The highest BCUT2D eigenvalue weighted by molar-refractivity contribution is 6.19. The third kappa shape index (κ3) is 4.32. The number of methoxy groups -OCH3 is 1. The fraction of sp³-hybridized carbons (Fsp3) is 0.235. The second-order valence-corrected chi connectivity index (χ2v) is 5.31. The van der Waals surface area contributed by atoms with E-state index < -0.39 is 34.8 Å². The summed E-state index contributed by atoms with van der Waals surface area (Å²) in [6.45, 7) is 1.80. The standard InChI is InChI=1S/C17H16ClN3O6/c1-3-27-16(24)10-8-11(15(23)21-7-5-4-6-12(10)21)19-20-14(13(22)9-18)17(25)26-2/h4-8,22H,3,9H2,1-2H3/b14-13-,20-19?. The zero-order chi connectivity index (χ0) is 20.0. The minimum atomic E-state index is -0.983. The van der Waals surface area contributed by atoms with Crippen LogP contribution in [0.2, 0.25) is 0 Å². The van der Waals surface area contributed by atoms with Gasteiger partial charge >= 0.3 is 11.9 Å². The molecule has 0 unspecified atom stereocenters. The molecule has 142 valence electrons. The second-order valence-electron chi connectivity index (χ2n) is 5.05. The number of carbonyl (C=O) groups excluding carboxylic acids is 2. The lowest BCUT2D eigenvalue weighted by atomic mass is 10.2. The van der Waals surface area contributed by atoms with Crippen LogP contribution in [-0.4, -0.2) is 41.0 Å². The molecule has 10 heteroatoms. The first-order valence-corrected chi connectivity index (χ1v) is 8.27. The molecule has 0 saturated heterocycles. The van der Waals surface area contributed by atoms with Crippen molar-refractivity contribution >= 4 is 34.7 Å². The lowest BCUT2D eigenvalue weighted by molar-refractivity contribution is -0.136. The molecule has 0 amide bonds. The Kier molecular flexibility index (Phi) is 6.67. The first-order valence-electron chi connectivity index (χ1n) is 7.74. The molecule has 0 atom stereocenters. The molecule has 2 rings (SSSR count). The highest BCUT2D eigenvalue weighted by atomic mass is 35.5. The third-order valence-corrected chi connectivity index (χ3v) is 3.64. The molecule has 0 radical (unpaired) electrons. The Hall–Kier alpha value is -3.20. The van der Waals surface area contributed by atoms with Crippen LogP contribution in [0.1, 0.15) is 17.3 Å². The lowest BCUT2D eigenvalue weighted by Gasteiger charge is -2.08. The lowest BCUT2D eigenvalue weighted by Crippen LogP contribution is -2.17. The molecule has 1 N–H and O–H groups in total. The minimum Gasteiger partial charge on any atom is -0.508 e. The van der Waals surface area contributed by atoms with Crippen molar-refractivity contribution in [3.8, 4) is 0 Å². The maximum atomic E-state index is 12.6. The van der Waals surface area contributed by atoms with E-state index in [1.807, 2.05) is 0 Å². The van der Waals surface area contributed by atoms with Gasteiger partial charge in [-0.15, -0.1) is 21.8 Å². The van der Waals surface area contributed by atoms with Crippen LogP contribution < -0.4 is 5.56 Å². The van der Waals surface area contributed by atoms with E-state index in [1.165, 1.54) is 16.7 Å². The molecule has 0 bridgehead atoms. The van der Waals surface area contributed by atoms with E-state index in [2.05, 4.69) is 15.0 Å². The van der Waals surface area contributed by atoms with Crippen LogP contribution in [0.4, 0.5) is 5.69 Å². The van der Waals surface area contributed by atoms with E-state index in [4.69, 9.17) is 16.3 Å². The van der Waals surface area contributed by atoms with Crippen molar-refractivity contribution in [1.82, 2.24) is 4.40 Å². The molecule has 0 fully saturated rings. The SMILES string of the molecule is CCOC(=O)c1cc(N=N/C(C(=O)OC)=C(\O)CCl)c(=O)n2ccccc12. The van der Waals surface area contributed by atoms with Gasteiger partial charge in [0.05, 0.1) is 30.7 Å². The van der Waals surface area contributed by atoms with Crippen LogP contribution in [0.5, 0.6) is 0 Å². The summed E-state index contributed by atoms with van der Waals surface area (Å²) in [5, 5.41) is 17.0. The summed E-state index contributed by atoms with van der Waals surface area (Å²) in [6, 6.07) is 6.04. The Labute approximate surface area is 158 Å². The number of ether oxygens (including phenoxy) is 2. The predicted molar refractivity (Wildman–Crippen MR) is 96.5 cm³/mol. The van der Waals surface area contributed by atoms with Gasteiger partial charge in [0.15, 0.2) is 5.69 Å². The van der Waals surface area contributed by atoms with Crippen molar-refractivity contribution in [3.63, 3.8) is 0 Å². The van der Waals surface area contributed by atoms with Gasteiger partial charge in [-0.3, -0.25) is 9.20 Å². The number of aliphatic hydroxyl groups excluding tert-OH is 1. The summed E-state index contributed by atoms with van der Waals surface area (Å²) >= 11 is 5.50. The Balaban J connectivity index is 2.65. The van der Waals surface area contributed by atoms with Crippen molar-refractivity contribution in [1.29, 1.82) is 0 Å². The number of aromatic nitrogens is 1. The predicted octanol–water partition coefficient (Wildman–Crippen LogP) is 2.74. The maximum absolute atomic E-state index is 12.6. The van der Waals surface area contributed by atoms with Gasteiger partial charge < -0.3 is 14.6 Å². The number of aliphatic hydroxyl groups is 1. The van der Waals surface area contributed by atoms with Crippen LogP contribution in [-0.2, 0) is 14.3 Å². The number of esters is 2. The highest BCUT2D eigenvalue weighted by Crippen LogP contribution is 2.19. The molecular weight excluding hydrogens is 378 g/mol. The number of pyridine rings is 2. The second kappa shape index (κ2) is 8.95. The number of rotatable bonds is 6. The number of halogens is 1. The number of hydrogen-bond donors (Lipinski definition) is 1. The van der Waals surface area contributed by atoms with Gasteiger partial charge in [0, 0.05) is 6.20 Å². The molecule has 0 spiro atoms. The summed E-state index contributed by atoms with van der Waals surface area (Å²) < 4.78 is 10.7. The summed E-state index contributed by atoms with van der Waals surface area (Å²) in [4.78, 5) is 36.5. The molecule has 0 aliphatic carbocycles. The van der Waals surface area contributed by atoms with Crippen LogP contribution >= 0.6 is 11.6 Å². The summed E-state index contributed by atoms with van der Waals surface area (Å²) in [5.41, 5.74) is -0.964. The number of nitrogens with zero attached hydrogens (tertiary/aromatic N) is 3. The van der Waals surface area contributed by atoms with Crippen LogP contribution in [0.3, 0.4) is 0 Å². The first kappa shape index (κ1) is 20.1. The van der Waals surface area contributed by atoms with E-state index in [1.54, 1.807) is 25.1 Å². The zero-order valence-corrected chi connectivity index (χ0v) is 15.3. The van der Waals surface area contributed by atoms with Gasteiger partial charge in [-0.1, -0.05) is 6.07 Å². The fourth-order valence-corrected chi connectivity index (χ4v) is 2.29. The van der Waals surface area contributed by atoms with Crippen LogP contribution in [0.25, 0.3) is 5.52 Å². The molecule has 2 heterocycles. The van der Waals surface area contributed by atoms with E-state index in [9.17, 15) is 19.5 Å². The number of hydrogen-bond acceptors (Lipinski definition) is 8. The largest absolute Gasteiger partial charge is 0.508 e. The van der Waals surface area contributed by atoms with E-state index in [-0.39, 0.29) is 17.9 Å². The first-order chi connectivity index (χ1) is 12.9. The molecule has 27 heavy (non-hydrogen) atoms. The summed E-state index contributed by atoms with van der Waals surface area (Å²) in [5.74, 6) is -2.61. The number of carbonyl (C=O) groups is 2. The van der Waals surface area contributed by atoms with Crippen molar-refractivity contribution in [2.24, 2.45) is 10.2 Å². The van der Waals surface area contributed by atoms with Gasteiger partial charge in [-0.2, -0.15) is 0 Å². The van der Waals surface area contributed by atoms with Crippen LogP contribution in [0.15, 0.2) is 56.9 Å². The molecule has 0 aromatic carbocycles. The Bertz CT molecular complexity index is 996. The van der Waals surface area contributed by atoms with Gasteiger partial charge in [-0.05, 0) is 25.1 Å². The van der Waals surface area contributed by atoms with Crippen LogP contribution in [0, 0.1) is 0 Å². The Morgan fingerprint density at radius 1 is 1.33 bits per heavy atom. The van der Waals surface area contributed by atoms with E-state index >= 15 is 0 Å². The minimum absolute atomic E-state index is 0.0937. The molecule has 2 aromatic rings. The Morgan fingerprint density at radius 3 is 2.70 bits per heavy atom. The molecule has 0 aliphatic heterocycles. The molecular formula is C17H16ClN3O6. The number of azo groups is 1. The van der Waals surface area contributed by atoms with Gasteiger partial charge in [0.2, 0.25) is 5.70 Å². The average Bonchev–Trinajstić information content (AvgIpc) is 2.69. The molecule has 2 aromatic heterocycles. The molecule has 0 saturated carbocycles. The summed E-state index contributed by atoms with van der Waals surface area (Å²) in [7, 11) is 1.09. The normalized spacial score (nSPS) is 12.1. The molecule has 9 nitrogen and oxygen atoms in total. The van der Waals surface area contributed by atoms with Crippen molar-refractivity contribution < 1.29 is 24.2 Å². The maximum Gasteiger partial charge on any atom is 0.362 e.